The summed E-state index contributed by atoms with van der Waals surface area (Å²) in [5, 5.41) is 0. The van der Waals surface area contributed by atoms with Gasteiger partial charge in [0.15, 0.2) is 0 Å². The zero-order valence-corrected chi connectivity index (χ0v) is 8.84. The van der Waals surface area contributed by atoms with Gasteiger partial charge in [-0.1, -0.05) is 13.5 Å². The van der Waals surface area contributed by atoms with Crippen molar-refractivity contribution in [2.24, 2.45) is 5.92 Å². The summed E-state index contributed by atoms with van der Waals surface area (Å²) in [6, 6.07) is 0. The number of rotatable bonds is 1. The molecule has 16 heavy (non-hydrogen) atoms. The molecule has 92 valence electrons. The molecule has 0 aromatic rings. The van der Waals surface area contributed by atoms with E-state index in [1.807, 2.05) is 0 Å². The second-order valence-corrected chi connectivity index (χ2v) is 3.71. The van der Waals surface area contributed by atoms with E-state index in [9.17, 15) is 18.0 Å². The summed E-state index contributed by atoms with van der Waals surface area (Å²) in [6.45, 7) is 4.13. The summed E-state index contributed by atoms with van der Waals surface area (Å²) >= 11 is 0. The van der Waals surface area contributed by atoms with Crippen LogP contribution >= 0.6 is 0 Å². The van der Waals surface area contributed by atoms with Gasteiger partial charge in [0.1, 0.15) is 0 Å². The number of carbonyl (C=O) groups excluding carboxylic acids is 1. The topological polar surface area (TPSA) is 35.5 Å². The highest BCUT2D eigenvalue weighted by Gasteiger charge is 2.42. The first-order valence-electron chi connectivity index (χ1n) is 4.85. The maximum absolute atomic E-state index is 12.4. The molecule has 0 radical (unpaired) electrons. The van der Waals surface area contributed by atoms with Crippen LogP contribution in [0, 0.1) is 5.92 Å². The van der Waals surface area contributed by atoms with Crippen molar-refractivity contribution in [2.75, 3.05) is 13.2 Å². The third kappa shape index (κ3) is 3.23. The Morgan fingerprint density at radius 3 is 2.69 bits per heavy atom. The van der Waals surface area contributed by atoms with Crippen molar-refractivity contribution in [3.8, 4) is 0 Å². The molecule has 1 heterocycles. The standard InChI is InChI=1S/C10H13F3O3/c1-6-5-16-8(3-4-15-9(6)14)7(2)10(11,12)13/h7-8H,1,3-5H2,2H3. The van der Waals surface area contributed by atoms with Gasteiger partial charge in [0.25, 0.3) is 0 Å². The maximum atomic E-state index is 12.4. The lowest BCUT2D eigenvalue weighted by Crippen LogP contribution is -2.36. The molecule has 1 fully saturated rings. The molecule has 0 aromatic carbocycles. The molecule has 0 N–H and O–H groups in total. The molecule has 3 nitrogen and oxygen atoms in total. The van der Waals surface area contributed by atoms with Crippen LogP contribution in [0.5, 0.6) is 0 Å². The molecular weight excluding hydrogens is 225 g/mol. The van der Waals surface area contributed by atoms with E-state index in [1.165, 1.54) is 0 Å². The van der Waals surface area contributed by atoms with Gasteiger partial charge in [0, 0.05) is 6.42 Å². The normalized spacial score (nSPS) is 25.6. The quantitative estimate of drug-likeness (QED) is 0.518. The van der Waals surface area contributed by atoms with Crippen molar-refractivity contribution in [2.45, 2.75) is 25.6 Å². The molecule has 1 rings (SSSR count). The highest BCUT2D eigenvalue weighted by Crippen LogP contribution is 2.31. The Labute approximate surface area is 91.2 Å². The second kappa shape index (κ2) is 4.86. The molecule has 1 saturated heterocycles. The Bertz CT molecular complexity index is 286. The van der Waals surface area contributed by atoms with Crippen LogP contribution in [0.1, 0.15) is 13.3 Å². The Morgan fingerprint density at radius 1 is 1.50 bits per heavy atom. The van der Waals surface area contributed by atoms with E-state index in [1.54, 1.807) is 0 Å². The third-order valence-electron chi connectivity index (χ3n) is 2.47. The molecule has 0 bridgehead atoms. The number of alkyl halides is 3. The van der Waals surface area contributed by atoms with E-state index in [4.69, 9.17) is 9.47 Å². The van der Waals surface area contributed by atoms with Gasteiger partial charge in [0.2, 0.25) is 0 Å². The minimum atomic E-state index is -4.31. The van der Waals surface area contributed by atoms with E-state index >= 15 is 0 Å². The minimum Gasteiger partial charge on any atom is -0.462 e. The molecule has 0 amide bonds. The van der Waals surface area contributed by atoms with Crippen LogP contribution in [0.15, 0.2) is 12.2 Å². The number of hydrogen-bond donors (Lipinski definition) is 0. The lowest BCUT2D eigenvalue weighted by molar-refractivity contribution is -0.204. The monoisotopic (exact) mass is 238 g/mol. The largest absolute Gasteiger partial charge is 0.462 e. The van der Waals surface area contributed by atoms with Gasteiger partial charge < -0.3 is 9.47 Å². The van der Waals surface area contributed by atoms with Crippen molar-refractivity contribution in [3.05, 3.63) is 12.2 Å². The lowest BCUT2D eigenvalue weighted by atomic mass is 10.0. The average Bonchev–Trinajstić information content (AvgIpc) is 2.17. The summed E-state index contributed by atoms with van der Waals surface area (Å²) in [5.74, 6) is -2.20. The van der Waals surface area contributed by atoms with Gasteiger partial charge in [-0.15, -0.1) is 0 Å². The Balaban J connectivity index is 2.63. The first kappa shape index (κ1) is 13.0. The fourth-order valence-corrected chi connectivity index (χ4v) is 1.32. The molecular formula is C10H13F3O3. The summed E-state index contributed by atoms with van der Waals surface area (Å²) in [6.07, 6.45) is -5.26. The Kier molecular flexibility index (Phi) is 3.96. The van der Waals surface area contributed by atoms with Crippen LogP contribution in [0.2, 0.25) is 0 Å². The molecule has 1 aliphatic rings. The van der Waals surface area contributed by atoms with Crippen LogP contribution in [-0.2, 0) is 14.3 Å². The van der Waals surface area contributed by atoms with Crippen molar-refractivity contribution < 1.29 is 27.4 Å². The number of cyclic esters (lactones) is 1. The molecule has 2 unspecified atom stereocenters. The molecule has 2 atom stereocenters. The average molecular weight is 238 g/mol. The molecule has 0 aliphatic carbocycles. The third-order valence-corrected chi connectivity index (χ3v) is 2.47. The molecule has 6 heteroatoms. The second-order valence-electron chi connectivity index (χ2n) is 3.71. The number of ether oxygens (including phenoxy) is 2. The molecule has 0 saturated carbocycles. The fourth-order valence-electron chi connectivity index (χ4n) is 1.32. The highest BCUT2D eigenvalue weighted by atomic mass is 19.4. The van der Waals surface area contributed by atoms with Gasteiger partial charge in [0.05, 0.1) is 30.8 Å². The van der Waals surface area contributed by atoms with Crippen LogP contribution in [0.25, 0.3) is 0 Å². The number of hydrogen-bond acceptors (Lipinski definition) is 3. The van der Waals surface area contributed by atoms with E-state index in [0.717, 1.165) is 6.92 Å². The zero-order chi connectivity index (χ0) is 12.3. The van der Waals surface area contributed by atoms with Gasteiger partial charge in [-0.05, 0) is 0 Å². The Hall–Kier alpha value is -1.04. The van der Waals surface area contributed by atoms with Gasteiger partial charge in [-0.3, -0.25) is 0 Å². The van der Waals surface area contributed by atoms with E-state index in [2.05, 4.69) is 6.58 Å². The predicted molar refractivity (Wildman–Crippen MR) is 49.7 cm³/mol. The lowest BCUT2D eigenvalue weighted by Gasteiger charge is -2.27. The first-order valence-corrected chi connectivity index (χ1v) is 4.85. The first-order chi connectivity index (χ1) is 7.32. The van der Waals surface area contributed by atoms with E-state index in [-0.39, 0.29) is 25.2 Å². The smallest absolute Gasteiger partial charge is 0.394 e. The minimum absolute atomic E-state index is 0.0408. The maximum Gasteiger partial charge on any atom is 0.394 e. The SMILES string of the molecule is C=C1COC(C(C)C(F)(F)F)CCOC1=O. The van der Waals surface area contributed by atoms with Crippen molar-refractivity contribution in [1.82, 2.24) is 0 Å². The van der Waals surface area contributed by atoms with Gasteiger partial charge in [-0.2, -0.15) is 13.2 Å². The predicted octanol–water partition coefficient (Wildman–Crippen LogP) is 2.07. The number of halogens is 3. The fraction of sp³-hybridized carbons (Fsp3) is 0.700. The highest BCUT2D eigenvalue weighted by molar-refractivity contribution is 5.88. The summed E-state index contributed by atoms with van der Waals surface area (Å²) < 4.78 is 47.0. The number of carbonyl (C=O) groups is 1. The van der Waals surface area contributed by atoms with Crippen molar-refractivity contribution in [1.29, 1.82) is 0 Å². The van der Waals surface area contributed by atoms with Gasteiger partial charge >= 0.3 is 12.1 Å². The van der Waals surface area contributed by atoms with Crippen molar-refractivity contribution >= 4 is 5.97 Å². The van der Waals surface area contributed by atoms with Crippen LogP contribution in [-0.4, -0.2) is 31.5 Å². The van der Waals surface area contributed by atoms with Crippen LogP contribution in [0.4, 0.5) is 13.2 Å². The summed E-state index contributed by atoms with van der Waals surface area (Å²) in [5.41, 5.74) is 0.0408. The van der Waals surface area contributed by atoms with Gasteiger partial charge in [-0.25, -0.2) is 4.79 Å². The summed E-state index contributed by atoms with van der Waals surface area (Å²) in [7, 11) is 0. The Morgan fingerprint density at radius 2 is 2.12 bits per heavy atom. The summed E-state index contributed by atoms with van der Waals surface area (Å²) in [4.78, 5) is 11.0. The van der Waals surface area contributed by atoms with E-state index < -0.39 is 24.2 Å². The van der Waals surface area contributed by atoms with Crippen LogP contribution in [0.3, 0.4) is 0 Å². The zero-order valence-electron chi connectivity index (χ0n) is 8.84. The molecule has 1 aliphatic heterocycles. The molecule has 0 aromatic heterocycles. The number of esters is 1. The van der Waals surface area contributed by atoms with E-state index in [0.29, 0.717) is 0 Å². The van der Waals surface area contributed by atoms with Crippen molar-refractivity contribution in [3.63, 3.8) is 0 Å². The molecule has 0 spiro atoms. The van der Waals surface area contributed by atoms with Crippen LogP contribution < -0.4 is 0 Å².